The van der Waals surface area contributed by atoms with Crippen molar-refractivity contribution < 1.29 is 22.7 Å². The summed E-state index contributed by atoms with van der Waals surface area (Å²) in [6.07, 6.45) is 3.61. The van der Waals surface area contributed by atoms with Crippen molar-refractivity contribution in [3.8, 4) is 17.5 Å². The minimum absolute atomic E-state index is 0.147. The van der Waals surface area contributed by atoms with Crippen molar-refractivity contribution in [2.75, 3.05) is 31.2 Å². The Morgan fingerprint density at radius 1 is 1.34 bits per heavy atom. The molecule has 11 nitrogen and oxygen atoms in total. The summed E-state index contributed by atoms with van der Waals surface area (Å²) in [5, 5.41) is 29.1. The lowest BCUT2D eigenvalue weighted by molar-refractivity contribution is -0.00177. The van der Waals surface area contributed by atoms with E-state index in [4.69, 9.17) is 5.26 Å². The zero-order chi connectivity index (χ0) is 27.7. The maximum absolute atomic E-state index is 14.3. The predicted octanol–water partition coefficient (Wildman–Crippen LogP) is 1.94. The van der Waals surface area contributed by atoms with Gasteiger partial charge in [0.05, 0.1) is 58.3 Å². The first-order chi connectivity index (χ1) is 17.9. The Morgan fingerprint density at radius 3 is 2.79 bits per heavy atom. The van der Waals surface area contributed by atoms with Crippen molar-refractivity contribution in [2.45, 2.75) is 44.5 Å². The number of nitriles is 1. The van der Waals surface area contributed by atoms with Crippen LogP contribution in [0.15, 0.2) is 36.7 Å². The molecule has 3 aromatic rings. The summed E-state index contributed by atoms with van der Waals surface area (Å²) in [5.41, 5.74) is 1.12. The molecule has 0 aromatic carbocycles. The highest BCUT2D eigenvalue weighted by atomic mass is 32.2. The normalized spacial score (nSPS) is 17.6. The molecule has 0 saturated carbocycles. The maximum Gasteiger partial charge on any atom is 0.255 e. The van der Waals surface area contributed by atoms with Gasteiger partial charge in [0.2, 0.25) is 10.0 Å². The van der Waals surface area contributed by atoms with Gasteiger partial charge in [-0.25, -0.2) is 21.6 Å². The summed E-state index contributed by atoms with van der Waals surface area (Å²) in [6.45, 7) is 2.89. The van der Waals surface area contributed by atoms with E-state index in [1.807, 2.05) is 0 Å². The molecule has 4 heterocycles. The SMILES string of the molecule is CC(C)(O)C(F)CNC(=O)c1cnc(-c2ccc3cc(C#N)cnn23)cc1N[C@H]1CCCN(S(C)(=O)=O)C1. The van der Waals surface area contributed by atoms with E-state index in [-0.39, 0.29) is 18.2 Å². The van der Waals surface area contributed by atoms with Gasteiger partial charge in [-0.05, 0) is 51.0 Å². The Morgan fingerprint density at radius 2 is 2.11 bits per heavy atom. The second-order valence-corrected chi connectivity index (χ2v) is 11.9. The number of rotatable bonds is 8. The third kappa shape index (κ3) is 6.09. The molecule has 1 unspecified atom stereocenters. The molecule has 38 heavy (non-hydrogen) atoms. The van der Waals surface area contributed by atoms with Crippen molar-refractivity contribution >= 4 is 27.1 Å². The van der Waals surface area contributed by atoms with E-state index in [2.05, 4.69) is 26.8 Å². The van der Waals surface area contributed by atoms with Gasteiger partial charge < -0.3 is 15.7 Å². The number of hydrogen-bond donors (Lipinski definition) is 3. The summed E-state index contributed by atoms with van der Waals surface area (Å²) in [7, 11) is -3.38. The largest absolute Gasteiger partial charge is 0.387 e. The van der Waals surface area contributed by atoms with Gasteiger partial charge in [-0.2, -0.15) is 10.4 Å². The molecule has 3 N–H and O–H groups in total. The summed E-state index contributed by atoms with van der Waals surface area (Å²) < 4.78 is 41.5. The Balaban J connectivity index is 1.68. The third-order valence-electron chi connectivity index (χ3n) is 6.46. The zero-order valence-electron chi connectivity index (χ0n) is 21.3. The van der Waals surface area contributed by atoms with Crippen LogP contribution in [0.2, 0.25) is 0 Å². The molecule has 2 atom stereocenters. The average molecular weight is 544 g/mol. The van der Waals surface area contributed by atoms with E-state index in [9.17, 15) is 22.7 Å². The summed E-state index contributed by atoms with van der Waals surface area (Å²) in [6, 6.07) is 8.72. The van der Waals surface area contributed by atoms with E-state index in [1.54, 1.807) is 28.8 Å². The number of halogens is 1. The van der Waals surface area contributed by atoms with E-state index < -0.39 is 34.2 Å². The second kappa shape index (κ2) is 10.6. The number of aliphatic hydroxyl groups is 1. The summed E-state index contributed by atoms with van der Waals surface area (Å²) in [5.74, 6) is -0.592. The number of aromatic nitrogens is 3. The lowest BCUT2D eigenvalue weighted by Crippen LogP contribution is -2.45. The first kappa shape index (κ1) is 27.4. The predicted molar refractivity (Wildman–Crippen MR) is 140 cm³/mol. The van der Waals surface area contributed by atoms with Gasteiger partial charge in [-0.15, -0.1) is 0 Å². The van der Waals surface area contributed by atoms with Gasteiger partial charge in [-0.1, -0.05) is 0 Å². The van der Waals surface area contributed by atoms with Gasteiger partial charge in [0.15, 0.2) is 0 Å². The van der Waals surface area contributed by atoms with E-state index in [0.717, 1.165) is 6.26 Å². The number of hydrogen-bond acceptors (Lipinski definition) is 8. The van der Waals surface area contributed by atoms with E-state index in [1.165, 1.54) is 30.5 Å². The molecule has 4 rings (SSSR count). The van der Waals surface area contributed by atoms with Crippen molar-refractivity contribution in [1.29, 1.82) is 5.26 Å². The number of pyridine rings is 1. The molecule has 202 valence electrons. The second-order valence-electron chi connectivity index (χ2n) is 9.96. The van der Waals surface area contributed by atoms with Crippen LogP contribution in [0.4, 0.5) is 10.1 Å². The Hall–Kier alpha value is -3.60. The van der Waals surface area contributed by atoms with Crippen LogP contribution < -0.4 is 10.6 Å². The monoisotopic (exact) mass is 543 g/mol. The number of anilines is 1. The van der Waals surface area contributed by atoms with Crippen LogP contribution in [-0.2, 0) is 10.0 Å². The number of carbonyl (C=O) groups is 1. The highest BCUT2D eigenvalue weighted by molar-refractivity contribution is 7.88. The fourth-order valence-corrected chi connectivity index (χ4v) is 5.17. The highest BCUT2D eigenvalue weighted by Crippen LogP contribution is 2.27. The Bertz CT molecular complexity index is 1490. The minimum Gasteiger partial charge on any atom is -0.387 e. The Kier molecular flexibility index (Phi) is 7.68. The van der Waals surface area contributed by atoms with Crippen molar-refractivity contribution in [2.24, 2.45) is 0 Å². The number of alkyl halides is 1. The fourth-order valence-electron chi connectivity index (χ4n) is 4.26. The fraction of sp³-hybridized carbons (Fsp3) is 0.440. The number of amides is 1. The van der Waals surface area contributed by atoms with Crippen LogP contribution in [0.1, 0.15) is 42.6 Å². The van der Waals surface area contributed by atoms with E-state index in [0.29, 0.717) is 47.5 Å². The quantitative estimate of drug-likeness (QED) is 0.390. The maximum atomic E-state index is 14.3. The average Bonchev–Trinajstić information content (AvgIpc) is 3.29. The minimum atomic E-state index is -3.38. The lowest BCUT2D eigenvalue weighted by atomic mass is 10.0. The Labute approximate surface area is 220 Å². The van der Waals surface area contributed by atoms with Crippen molar-refractivity contribution in [3.05, 3.63) is 47.8 Å². The number of nitrogens with zero attached hydrogens (tertiary/aromatic N) is 5. The molecule has 1 aliphatic heterocycles. The number of nitrogens with one attached hydrogen (secondary N) is 2. The van der Waals surface area contributed by atoms with Crippen LogP contribution >= 0.6 is 0 Å². The molecule has 13 heteroatoms. The van der Waals surface area contributed by atoms with Crippen molar-refractivity contribution in [3.63, 3.8) is 0 Å². The van der Waals surface area contributed by atoms with Crippen LogP contribution in [-0.4, -0.2) is 82.0 Å². The zero-order valence-corrected chi connectivity index (χ0v) is 22.2. The third-order valence-corrected chi connectivity index (χ3v) is 7.73. The molecule has 3 aromatic heterocycles. The molecule has 1 fully saturated rings. The summed E-state index contributed by atoms with van der Waals surface area (Å²) >= 11 is 0. The molecule has 0 spiro atoms. The molecule has 1 amide bonds. The van der Waals surface area contributed by atoms with Gasteiger partial charge in [0, 0.05) is 25.3 Å². The number of sulfonamides is 1. The van der Waals surface area contributed by atoms with Gasteiger partial charge in [0.25, 0.3) is 5.91 Å². The highest BCUT2D eigenvalue weighted by Gasteiger charge is 2.29. The van der Waals surface area contributed by atoms with Gasteiger partial charge >= 0.3 is 0 Å². The molecule has 1 saturated heterocycles. The first-order valence-electron chi connectivity index (χ1n) is 12.1. The number of fused-ring (bicyclic) bond motifs is 1. The van der Waals surface area contributed by atoms with Crippen LogP contribution in [0.3, 0.4) is 0 Å². The number of carbonyl (C=O) groups excluding carboxylic acids is 1. The molecule has 0 aliphatic carbocycles. The molecule has 0 radical (unpaired) electrons. The molecule has 1 aliphatic rings. The topological polar surface area (TPSA) is 153 Å². The van der Waals surface area contributed by atoms with Gasteiger partial charge in [0.1, 0.15) is 12.2 Å². The molecule has 0 bridgehead atoms. The summed E-state index contributed by atoms with van der Waals surface area (Å²) in [4.78, 5) is 17.5. The van der Waals surface area contributed by atoms with Crippen molar-refractivity contribution in [1.82, 2.24) is 24.2 Å². The van der Waals surface area contributed by atoms with E-state index >= 15 is 0 Å². The van der Waals surface area contributed by atoms with Crippen LogP contribution in [0.25, 0.3) is 16.9 Å². The standard InChI is InChI=1S/C25H30FN7O4S/c1-25(2,35)23(26)14-29-24(34)19-13-28-21(22-7-6-18-9-16(11-27)12-30-33(18)22)10-20(19)31-17-5-4-8-32(15-17)38(3,36)37/h6-7,9-10,12-13,17,23,35H,4-5,8,14-15H2,1-3H3,(H,28,31)(H,29,34)/t17-,23?/m0/s1. The molecular formula is C25H30FN7O4S. The first-order valence-corrected chi connectivity index (χ1v) is 14.0. The van der Waals surface area contributed by atoms with Crippen LogP contribution in [0, 0.1) is 11.3 Å². The molecular weight excluding hydrogens is 513 g/mol. The lowest BCUT2D eigenvalue weighted by Gasteiger charge is -2.32. The number of piperidine rings is 1. The van der Waals surface area contributed by atoms with Crippen LogP contribution in [0.5, 0.6) is 0 Å². The van der Waals surface area contributed by atoms with Gasteiger partial charge in [-0.3, -0.25) is 9.78 Å². The smallest absolute Gasteiger partial charge is 0.255 e.